The van der Waals surface area contributed by atoms with E-state index >= 15 is 0 Å². The summed E-state index contributed by atoms with van der Waals surface area (Å²) in [6.07, 6.45) is 11.3. The Hall–Kier alpha value is -0.640. The number of unbranched alkanes of at least 4 members (excludes halogenated alkanes) is 7. The van der Waals surface area contributed by atoms with Crippen LogP contribution in [0.3, 0.4) is 0 Å². The zero-order chi connectivity index (χ0) is 15.5. The summed E-state index contributed by atoms with van der Waals surface area (Å²) >= 11 is 5.82. The van der Waals surface area contributed by atoms with Gasteiger partial charge in [0.25, 0.3) is 0 Å². The van der Waals surface area contributed by atoms with Crippen LogP contribution in [0.4, 0.5) is 4.39 Å². The first-order chi connectivity index (χ1) is 10.2. The van der Waals surface area contributed by atoms with Crippen molar-refractivity contribution in [2.45, 2.75) is 70.8 Å². The van der Waals surface area contributed by atoms with Crippen LogP contribution in [0.2, 0.25) is 5.02 Å². The van der Waals surface area contributed by atoms with E-state index < -0.39 is 0 Å². The highest BCUT2D eigenvalue weighted by molar-refractivity contribution is 6.30. The molecule has 0 heterocycles. The number of nitrogens with one attached hydrogen (secondary N) is 1. The maximum absolute atomic E-state index is 13.2. The van der Waals surface area contributed by atoms with Gasteiger partial charge in [-0.3, -0.25) is 11.3 Å². The van der Waals surface area contributed by atoms with Crippen molar-refractivity contribution >= 4 is 11.6 Å². The van der Waals surface area contributed by atoms with Crippen molar-refractivity contribution in [3.8, 4) is 0 Å². The molecule has 0 amide bonds. The Balaban J connectivity index is 2.23. The summed E-state index contributed by atoms with van der Waals surface area (Å²) in [4.78, 5) is 0. The van der Waals surface area contributed by atoms with E-state index in [1.165, 1.54) is 51.0 Å². The van der Waals surface area contributed by atoms with Crippen LogP contribution in [0, 0.1) is 5.82 Å². The number of hydrogen-bond donors (Lipinski definition) is 2. The van der Waals surface area contributed by atoms with E-state index in [4.69, 9.17) is 17.4 Å². The van der Waals surface area contributed by atoms with E-state index in [2.05, 4.69) is 12.3 Å². The van der Waals surface area contributed by atoms with Crippen LogP contribution in [0.5, 0.6) is 0 Å². The van der Waals surface area contributed by atoms with Gasteiger partial charge in [-0.2, -0.15) is 0 Å². The molecule has 0 aliphatic carbocycles. The predicted molar refractivity (Wildman–Crippen MR) is 88.7 cm³/mol. The Morgan fingerprint density at radius 3 is 2.29 bits per heavy atom. The molecule has 1 aromatic rings. The maximum atomic E-state index is 13.2. The third-order valence-electron chi connectivity index (χ3n) is 3.89. The second kappa shape index (κ2) is 11.0. The molecule has 0 spiro atoms. The van der Waals surface area contributed by atoms with E-state index in [9.17, 15) is 4.39 Å². The lowest BCUT2D eigenvalue weighted by Gasteiger charge is -2.16. The molecule has 1 rings (SSSR count). The van der Waals surface area contributed by atoms with E-state index in [1.807, 2.05) is 0 Å². The summed E-state index contributed by atoms with van der Waals surface area (Å²) in [7, 11) is 0. The minimum Gasteiger partial charge on any atom is -0.271 e. The molecule has 0 saturated carbocycles. The van der Waals surface area contributed by atoms with E-state index in [0.717, 1.165) is 18.4 Å². The molecule has 1 atom stereocenters. The number of rotatable bonds is 11. The Kier molecular flexibility index (Phi) is 9.64. The average molecular weight is 315 g/mol. The van der Waals surface area contributed by atoms with Crippen LogP contribution in [-0.2, 0) is 0 Å². The van der Waals surface area contributed by atoms with Gasteiger partial charge in [0.2, 0.25) is 0 Å². The van der Waals surface area contributed by atoms with Crippen molar-refractivity contribution in [3.63, 3.8) is 0 Å². The van der Waals surface area contributed by atoms with E-state index in [0.29, 0.717) is 0 Å². The van der Waals surface area contributed by atoms with Gasteiger partial charge in [0.1, 0.15) is 5.82 Å². The molecular weight excluding hydrogens is 287 g/mol. The standard InChI is InChI=1S/C17H28ClFN2/c1-2-3-4-5-6-7-8-9-10-17(21-20)14-11-12-16(19)15(18)13-14/h11-13,17,21H,2-10,20H2,1H3. The Morgan fingerprint density at radius 1 is 1.10 bits per heavy atom. The SMILES string of the molecule is CCCCCCCCCCC(NN)c1ccc(F)c(Cl)c1. The molecule has 0 aromatic heterocycles. The van der Waals surface area contributed by atoms with Crippen LogP contribution in [0.1, 0.15) is 76.3 Å². The minimum absolute atomic E-state index is 0.0446. The molecule has 0 aliphatic rings. The Morgan fingerprint density at radius 2 is 1.71 bits per heavy atom. The Labute approximate surface area is 133 Å². The molecule has 3 N–H and O–H groups in total. The van der Waals surface area contributed by atoms with Crippen molar-refractivity contribution in [2.24, 2.45) is 5.84 Å². The van der Waals surface area contributed by atoms with Gasteiger partial charge in [0, 0.05) is 6.04 Å². The summed E-state index contributed by atoms with van der Waals surface area (Å²) < 4.78 is 13.2. The van der Waals surface area contributed by atoms with E-state index in [-0.39, 0.29) is 16.9 Å². The topological polar surface area (TPSA) is 38.0 Å². The van der Waals surface area contributed by atoms with Gasteiger partial charge in [0.15, 0.2) is 0 Å². The fourth-order valence-electron chi connectivity index (χ4n) is 2.56. The molecule has 1 aromatic carbocycles. The number of benzene rings is 1. The monoisotopic (exact) mass is 314 g/mol. The molecule has 0 saturated heterocycles. The van der Waals surface area contributed by atoms with Crippen molar-refractivity contribution < 1.29 is 4.39 Å². The predicted octanol–water partition coefficient (Wildman–Crippen LogP) is 5.51. The minimum atomic E-state index is -0.386. The summed E-state index contributed by atoms with van der Waals surface area (Å²) in [6.45, 7) is 2.24. The Bertz CT molecular complexity index is 398. The maximum Gasteiger partial charge on any atom is 0.141 e. The number of hydrogen-bond acceptors (Lipinski definition) is 2. The second-order valence-electron chi connectivity index (χ2n) is 5.66. The molecule has 2 nitrogen and oxygen atoms in total. The average Bonchev–Trinajstić information content (AvgIpc) is 2.49. The van der Waals surface area contributed by atoms with Crippen molar-refractivity contribution in [1.82, 2.24) is 5.43 Å². The first-order valence-corrected chi connectivity index (χ1v) is 8.48. The first kappa shape index (κ1) is 18.4. The highest BCUT2D eigenvalue weighted by atomic mass is 35.5. The summed E-state index contributed by atoms with van der Waals surface area (Å²) in [6, 6.07) is 4.85. The third kappa shape index (κ3) is 7.25. The van der Waals surface area contributed by atoms with Gasteiger partial charge in [0.05, 0.1) is 5.02 Å². The second-order valence-corrected chi connectivity index (χ2v) is 6.06. The molecule has 1 unspecified atom stereocenters. The smallest absolute Gasteiger partial charge is 0.141 e. The lowest BCUT2D eigenvalue weighted by Crippen LogP contribution is -2.28. The van der Waals surface area contributed by atoms with Crippen LogP contribution in [-0.4, -0.2) is 0 Å². The summed E-state index contributed by atoms with van der Waals surface area (Å²) in [5.41, 5.74) is 3.75. The molecule has 0 aliphatic heterocycles. The molecule has 120 valence electrons. The highest BCUT2D eigenvalue weighted by Gasteiger charge is 2.11. The van der Waals surface area contributed by atoms with Crippen LogP contribution >= 0.6 is 11.6 Å². The quantitative estimate of drug-likeness (QED) is 0.321. The lowest BCUT2D eigenvalue weighted by molar-refractivity contribution is 0.474. The van der Waals surface area contributed by atoms with Gasteiger partial charge in [-0.25, -0.2) is 4.39 Å². The van der Waals surface area contributed by atoms with Crippen LogP contribution in [0.25, 0.3) is 0 Å². The summed E-state index contributed by atoms with van der Waals surface area (Å²) in [5.74, 6) is 5.22. The third-order valence-corrected chi connectivity index (χ3v) is 4.18. The highest BCUT2D eigenvalue weighted by Crippen LogP contribution is 2.24. The fourth-order valence-corrected chi connectivity index (χ4v) is 2.75. The summed E-state index contributed by atoms with van der Waals surface area (Å²) in [5, 5.41) is 0.156. The van der Waals surface area contributed by atoms with Crippen LogP contribution < -0.4 is 11.3 Å². The zero-order valence-electron chi connectivity index (χ0n) is 13.0. The molecular formula is C17H28ClFN2. The van der Waals surface area contributed by atoms with E-state index in [1.54, 1.807) is 12.1 Å². The van der Waals surface area contributed by atoms with Gasteiger partial charge < -0.3 is 0 Å². The largest absolute Gasteiger partial charge is 0.271 e. The van der Waals surface area contributed by atoms with Crippen molar-refractivity contribution in [1.29, 1.82) is 0 Å². The number of nitrogens with two attached hydrogens (primary N) is 1. The molecule has 21 heavy (non-hydrogen) atoms. The van der Waals surface area contributed by atoms with Crippen molar-refractivity contribution in [2.75, 3.05) is 0 Å². The van der Waals surface area contributed by atoms with Gasteiger partial charge in [-0.05, 0) is 24.1 Å². The van der Waals surface area contributed by atoms with Gasteiger partial charge in [-0.1, -0.05) is 76.0 Å². The molecule has 0 radical (unpaired) electrons. The normalized spacial score (nSPS) is 12.6. The molecule has 4 heteroatoms. The zero-order valence-corrected chi connectivity index (χ0v) is 13.8. The molecule has 0 bridgehead atoms. The number of hydrazine groups is 1. The van der Waals surface area contributed by atoms with Crippen molar-refractivity contribution in [3.05, 3.63) is 34.6 Å². The fraction of sp³-hybridized carbons (Fsp3) is 0.647. The molecule has 0 fully saturated rings. The number of halogens is 2. The van der Waals surface area contributed by atoms with Gasteiger partial charge >= 0.3 is 0 Å². The van der Waals surface area contributed by atoms with Crippen LogP contribution in [0.15, 0.2) is 18.2 Å². The van der Waals surface area contributed by atoms with Gasteiger partial charge in [-0.15, -0.1) is 0 Å². The lowest BCUT2D eigenvalue weighted by atomic mass is 10.00. The first-order valence-electron chi connectivity index (χ1n) is 8.10.